The quantitative estimate of drug-likeness (QED) is 0.644. The zero-order chi connectivity index (χ0) is 20.1. The van der Waals surface area contributed by atoms with E-state index in [0.29, 0.717) is 4.88 Å². The average Bonchev–Trinajstić information content (AvgIpc) is 3.29. The largest absolute Gasteiger partial charge is 0.343 e. The summed E-state index contributed by atoms with van der Waals surface area (Å²) in [7, 11) is 0. The molecule has 1 saturated heterocycles. The summed E-state index contributed by atoms with van der Waals surface area (Å²) in [5.74, 6) is 0.00565. The first-order valence-corrected chi connectivity index (χ1v) is 10.8. The van der Waals surface area contributed by atoms with Gasteiger partial charge in [-0.2, -0.15) is 0 Å². The molecule has 0 saturated carbocycles. The molecule has 1 aromatic carbocycles. The number of hydrogen-bond donors (Lipinski definition) is 1. The third-order valence-corrected chi connectivity index (χ3v) is 6.24. The predicted molar refractivity (Wildman–Crippen MR) is 113 cm³/mol. The van der Waals surface area contributed by atoms with E-state index in [0.717, 1.165) is 43.7 Å². The molecule has 6 heteroatoms. The molecule has 3 heterocycles. The topological polar surface area (TPSA) is 45.2 Å². The number of nitrogens with zero attached hydrogens (tertiary/aromatic N) is 2. The minimum Gasteiger partial charge on any atom is -0.343 e. The number of rotatable bonds is 6. The summed E-state index contributed by atoms with van der Waals surface area (Å²) in [6.07, 6.45) is 3.87. The molecule has 0 spiro atoms. The Hall–Kier alpha value is -2.57. The maximum absolute atomic E-state index is 13.2. The van der Waals surface area contributed by atoms with E-state index < -0.39 is 0 Å². The molecular formula is C23H24FN3OS. The van der Waals surface area contributed by atoms with Gasteiger partial charge in [-0.15, -0.1) is 11.3 Å². The van der Waals surface area contributed by atoms with Crippen LogP contribution in [0.3, 0.4) is 0 Å². The van der Waals surface area contributed by atoms with Gasteiger partial charge in [0.1, 0.15) is 5.82 Å². The molecule has 4 nitrogen and oxygen atoms in total. The van der Waals surface area contributed by atoms with Crippen LogP contribution in [0.1, 0.15) is 39.8 Å². The number of carbonyl (C=O) groups is 1. The molecule has 1 fully saturated rings. The Morgan fingerprint density at radius 1 is 1.21 bits per heavy atom. The molecule has 2 aromatic heterocycles. The fraction of sp³-hybridized carbons (Fsp3) is 0.304. The molecule has 2 atom stereocenters. The number of thiophene rings is 1. The molecular weight excluding hydrogens is 385 g/mol. The van der Waals surface area contributed by atoms with Crippen LogP contribution in [-0.4, -0.2) is 28.9 Å². The Bertz CT molecular complexity index is 915. The second kappa shape index (κ2) is 9.29. The van der Waals surface area contributed by atoms with Gasteiger partial charge in [-0.25, -0.2) is 4.39 Å². The van der Waals surface area contributed by atoms with Crippen molar-refractivity contribution in [3.8, 4) is 0 Å². The lowest BCUT2D eigenvalue weighted by Gasteiger charge is -2.37. The molecule has 1 aliphatic rings. The van der Waals surface area contributed by atoms with Gasteiger partial charge < -0.3 is 5.32 Å². The minimum atomic E-state index is -0.211. The SMILES string of the molecule is O=C(N[C@@H](c1ccccn1)[C@@H]1CCCN(Cc2ccc(F)cc2)C1)c1cccs1. The molecule has 4 rings (SSSR count). The van der Waals surface area contributed by atoms with Gasteiger partial charge in [-0.3, -0.25) is 14.7 Å². The normalized spacial score (nSPS) is 18.3. The first-order chi connectivity index (χ1) is 14.2. The number of amides is 1. The highest BCUT2D eigenvalue weighted by atomic mass is 32.1. The van der Waals surface area contributed by atoms with Crippen LogP contribution >= 0.6 is 11.3 Å². The standard InChI is InChI=1S/C23H24FN3OS/c24-19-10-8-17(9-11-19)15-27-13-3-5-18(16-27)22(20-6-1-2-12-25-20)26-23(28)21-7-4-14-29-21/h1-2,4,6-12,14,18,22H,3,5,13,15-16H2,(H,26,28)/t18-,22-/m1/s1. The van der Waals surface area contributed by atoms with Crippen LogP contribution in [0.5, 0.6) is 0 Å². The van der Waals surface area contributed by atoms with Crippen molar-refractivity contribution < 1.29 is 9.18 Å². The van der Waals surface area contributed by atoms with Gasteiger partial charge in [-0.1, -0.05) is 24.3 Å². The Morgan fingerprint density at radius 2 is 2.07 bits per heavy atom. The van der Waals surface area contributed by atoms with Gasteiger partial charge in [0, 0.05) is 19.3 Å². The molecule has 0 radical (unpaired) electrons. The molecule has 1 amide bonds. The Morgan fingerprint density at radius 3 is 2.79 bits per heavy atom. The third kappa shape index (κ3) is 5.08. The number of halogens is 1. The third-order valence-electron chi connectivity index (χ3n) is 5.37. The smallest absolute Gasteiger partial charge is 0.261 e. The van der Waals surface area contributed by atoms with Gasteiger partial charge in [0.05, 0.1) is 16.6 Å². The Balaban J connectivity index is 1.50. The van der Waals surface area contributed by atoms with Crippen molar-refractivity contribution in [2.75, 3.05) is 13.1 Å². The number of nitrogens with one attached hydrogen (secondary N) is 1. The lowest BCUT2D eigenvalue weighted by molar-refractivity contribution is 0.0879. The predicted octanol–water partition coefficient (Wildman–Crippen LogP) is 4.67. The maximum atomic E-state index is 13.2. The van der Waals surface area contributed by atoms with Gasteiger partial charge in [0.15, 0.2) is 0 Å². The van der Waals surface area contributed by atoms with Crippen LogP contribution in [0.15, 0.2) is 66.2 Å². The lowest BCUT2D eigenvalue weighted by atomic mass is 9.88. The monoisotopic (exact) mass is 409 g/mol. The first-order valence-electron chi connectivity index (χ1n) is 9.91. The fourth-order valence-electron chi connectivity index (χ4n) is 3.97. The Labute approximate surface area is 174 Å². The van der Waals surface area contributed by atoms with Gasteiger partial charge >= 0.3 is 0 Å². The first kappa shape index (κ1) is 19.7. The lowest BCUT2D eigenvalue weighted by Crippen LogP contribution is -2.42. The summed E-state index contributed by atoms with van der Waals surface area (Å²) < 4.78 is 13.2. The molecule has 0 bridgehead atoms. The van der Waals surface area contributed by atoms with Gasteiger partial charge in [0.25, 0.3) is 5.91 Å². The highest BCUT2D eigenvalue weighted by molar-refractivity contribution is 7.12. The van der Waals surface area contributed by atoms with Crippen LogP contribution in [0.2, 0.25) is 0 Å². The van der Waals surface area contributed by atoms with E-state index in [-0.39, 0.29) is 23.7 Å². The molecule has 1 N–H and O–H groups in total. The van der Waals surface area contributed by atoms with Crippen molar-refractivity contribution in [2.24, 2.45) is 5.92 Å². The van der Waals surface area contributed by atoms with E-state index >= 15 is 0 Å². The number of likely N-dealkylation sites (tertiary alicyclic amines) is 1. The van der Waals surface area contributed by atoms with Crippen LogP contribution in [0.4, 0.5) is 4.39 Å². The highest BCUT2D eigenvalue weighted by Crippen LogP contribution is 2.30. The van der Waals surface area contributed by atoms with Crippen molar-refractivity contribution >= 4 is 17.2 Å². The van der Waals surface area contributed by atoms with E-state index in [1.807, 2.05) is 47.8 Å². The van der Waals surface area contributed by atoms with Crippen molar-refractivity contribution in [2.45, 2.75) is 25.4 Å². The molecule has 3 aromatic rings. The molecule has 0 unspecified atom stereocenters. The number of carbonyl (C=O) groups excluding carboxylic acids is 1. The number of pyridine rings is 1. The number of piperidine rings is 1. The second-order valence-electron chi connectivity index (χ2n) is 7.45. The van der Waals surface area contributed by atoms with Gasteiger partial charge in [-0.05, 0) is 66.6 Å². The molecule has 0 aliphatic carbocycles. The van der Waals surface area contributed by atoms with Crippen LogP contribution in [0.25, 0.3) is 0 Å². The van der Waals surface area contributed by atoms with Crippen LogP contribution < -0.4 is 5.32 Å². The molecule has 150 valence electrons. The maximum Gasteiger partial charge on any atom is 0.261 e. The zero-order valence-corrected chi connectivity index (χ0v) is 16.9. The molecule has 29 heavy (non-hydrogen) atoms. The van der Waals surface area contributed by atoms with Crippen LogP contribution in [0, 0.1) is 11.7 Å². The number of benzene rings is 1. The summed E-state index contributed by atoms with van der Waals surface area (Å²) >= 11 is 1.44. The summed E-state index contributed by atoms with van der Waals surface area (Å²) in [5.41, 5.74) is 2.00. The summed E-state index contributed by atoms with van der Waals surface area (Å²) in [4.78, 5) is 20.4. The van der Waals surface area contributed by atoms with Crippen molar-refractivity contribution in [3.05, 3.63) is 88.1 Å². The average molecular weight is 410 g/mol. The van der Waals surface area contributed by atoms with E-state index in [9.17, 15) is 9.18 Å². The Kier molecular flexibility index (Phi) is 6.32. The van der Waals surface area contributed by atoms with Crippen molar-refractivity contribution in [1.29, 1.82) is 0 Å². The van der Waals surface area contributed by atoms with Crippen molar-refractivity contribution in [3.63, 3.8) is 0 Å². The van der Waals surface area contributed by atoms with Crippen molar-refractivity contribution in [1.82, 2.24) is 15.2 Å². The van der Waals surface area contributed by atoms with E-state index in [2.05, 4.69) is 15.2 Å². The van der Waals surface area contributed by atoms with Crippen LogP contribution in [-0.2, 0) is 6.54 Å². The zero-order valence-electron chi connectivity index (χ0n) is 16.1. The van der Waals surface area contributed by atoms with E-state index in [4.69, 9.17) is 0 Å². The van der Waals surface area contributed by atoms with Gasteiger partial charge in [0.2, 0.25) is 0 Å². The van der Waals surface area contributed by atoms with E-state index in [1.54, 1.807) is 6.20 Å². The number of aromatic nitrogens is 1. The second-order valence-corrected chi connectivity index (χ2v) is 8.39. The highest BCUT2D eigenvalue weighted by Gasteiger charge is 2.30. The summed E-state index contributed by atoms with van der Waals surface area (Å²) in [6, 6.07) is 16.1. The van der Waals surface area contributed by atoms with E-state index in [1.165, 1.54) is 23.5 Å². The summed E-state index contributed by atoms with van der Waals surface area (Å²) in [5, 5.41) is 5.14. The minimum absolute atomic E-state index is 0.0497. The molecule has 1 aliphatic heterocycles. The fourth-order valence-corrected chi connectivity index (χ4v) is 4.60. The summed E-state index contributed by atoms with van der Waals surface area (Å²) in [6.45, 7) is 2.65. The number of hydrogen-bond acceptors (Lipinski definition) is 4.